The zero-order valence-corrected chi connectivity index (χ0v) is 31.4. The van der Waals surface area contributed by atoms with Gasteiger partial charge < -0.3 is 9.13 Å². The Morgan fingerprint density at radius 1 is 0.310 bits per heavy atom. The van der Waals surface area contributed by atoms with Gasteiger partial charge in [0.05, 0.1) is 33.5 Å². The molecule has 4 nitrogen and oxygen atoms in total. The van der Waals surface area contributed by atoms with Gasteiger partial charge in [0.15, 0.2) is 5.82 Å². The van der Waals surface area contributed by atoms with Crippen LogP contribution < -0.4 is 0 Å². The summed E-state index contributed by atoms with van der Waals surface area (Å²) in [5, 5.41) is 9.72. The van der Waals surface area contributed by atoms with Crippen LogP contribution in [-0.4, -0.2) is 19.1 Å². The lowest BCUT2D eigenvalue weighted by molar-refractivity contribution is 1.17. The largest absolute Gasteiger partial charge is 0.309 e. The van der Waals surface area contributed by atoms with Gasteiger partial charge in [-0.2, -0.15) is 0 Å². The maximum atomic E-state index is 5.23. The van der Waals surface area contributed by atoms with E-state index >= 15 is 0 Å². The fourth-order valence-electron chi connectivity index (χ4n) is 9.08. The lowest BCUT2D eigenvalue weighted by Crippen LogP contribution is -1.97. The molecule has 0 saturated carbocycles. The Labute approximate surface area is 334 Å². The van der Waals surface area contributed by atoms with E-state index in [0.717, 1.165) is 50.2 Å². The monoisotopic (exact) mass is 738 g/mol. The fourth-order valence-corrected chi connectivity index (χ4v) is 9.08. The summed E-state index contributed by atoms with van der Waals surface area (Å²) in [5.41, 5.74) is 12.0. The van der Waals surface area contributed by atoms with Gasteiger partial charge >= 0.3 is 0 Å². The molecule has 12 rings (SSSR count). The predicted molar refractivity (Wildman–Crippen MR) is 242 cm³/mol. The molecule has 58 heavy (non-hydrogen) atoms. The van der Waals surface area contributed by atoms with Crippen molar-refractivity contribution in [2.75, 3.05) is 0 Å². The molecule has 0 bridgehead atoms. The smallest absolute Gasteiger partial charge is 0.160 e. The van der Waals surface area contributed by atoms with Crippen LogP contribution in [0, 0.1) is 0 Å². The third-order valence-electron chi connectivity index (χ3n) is 11.7. The van der Waals surface area contributed by atoms with Gasteiger partial charge in [0.1, 0.15) is 0 Å². The molecule has 3 aromatic heterocycles. The van der Waals surface area contributed by atoms with Crippen molar-refractivity contribution >= 4 is 65.2 Å². The van der Waals surface area contributed by atoms with E-state index in [4.69, 9.17) is 9.97 Å². The van der Waals surface area contributed by atoms with Crippen LogP contribution in [-0.2, 0) is 0 Å². The molecule has 12 aromatic rings. The first-order valence-electron chi connectivity index (χ1n) is 19.7. The molecule has 0 saturated heterocycles. The van der Waals surface area contributed by atoms with E-state index in [1.807, 2.05) is 18.2 Å². The van der Waals surface area contributed by atoms with E-state index in [9.17, 15) is 0 Å². The second-order valence-electron chi connectivity index (χ2n) is 15.0. The van der Waals surface area contributed by atoms with Crippen molar-refractivity contribution in [3.63, 3.8) is 0 Å². The Morgan fingerprint density at radius 2 is 0.914 bits per heavy atom. The van der Waals surface area contributed by atoms with Crippen molar-refractivity contribution in [3.8, 4) is 45.3 Å². The molecule has 0 amide bonds. The lowest BCUT2D eigenvalue weighted by Gasteiger charge is -2.13. The maximum Gasteiger partial charge on any atom is 0.160 e. The van der Waals surface area contributed by atoms with E-state index in [1.165, 1.54) is 54.4 Å². The van der Waals surface area contributed by atoms with Gasteiger partial charge in [0.25, 0.3) is 0 Å². The quantitative estimate of drug-likeness (QED) is 0.176. The number of rotatable bonds is 5. The second kappa shape index (κ2) is 12.9. The van der Waals surface area contributed by atoms with Gasteiger partial charge in [0, 0.05) is 49.6 Å². The van der Waals surface area contributed by atoms with Crippen LogP contribution in [0.25, 0.3) is 110 Å². The molecule has 0 atom stereocenters. The van der Waals surface area contributed by atoms with E-state index in [1.54, 1.807) is 0 Å². The molecule has 0 unspecified atom stereocenters. The van der Waals surface area contributed by atoms with E-state index in [2.05, 4.69) is 197 Å². The number of hydrogen-bond acceptors (Lipinski definition) is 2. The minimum Gasteiger partial charge on any atom is -0.309 e. The van der Waals surface area contributed by atoms with Crippen molar-refractivity contribution in [1.29, 1.82) is 0 Å². The third kappa shape index (κ3) is 5.02. The Bertz CT molecular complexity index is 3560. The molecule has 9 aromatic carbocycles. The van der Waals surface area contributed by atoms with Crippen LogP contribution in [0.2, 0.25) is 0 Å². The topological polar surface area (TPSA) is 35.6 Å². The van der Waals surface area contributed by atoms with Crippen LogP contribution >= 0.6 is 0 Å². The summed E-state index contributed by atoms with van der Waals surface area (Å²) < 4.78 is 4.83. The van der Waals surface area contributed by atoms with Crippen LogP contribution in [0.15, 0.2) is 206 Å². The van der Waals surface area contributed by atoms with E-state index < -0.39 is 0 Å². The zero-order chi connectivity index (χ0) is 38.2. The van der Waals surface area contributed by atoms with Crippen LogP contribution in [0.5, 0.6) is 0 Å². The number of hydrogen-bond donors (Lipinski definition) is 0. The van der Waals surface area contributed by atoms with Crippen LogP contribution in [0.1, 0.15) is 0 Å². The van der Waals surface area contributed by atoms with Gasteiger partial charge in [-0.1, -0.05) is 146 Å². The fraction of sp³-hybridized carbons (Fsp3) is 0. The Balaban J connectivity index is 1.06. The van der Waals surface area contributed by atoms with Crippen LogP contribution in [0.4, 0.5) is 0 Å². The standard InChI is InChI=1S/C54H34N4/c1-3-15-36(16-4-1)54-55-46(39-27-26-35-14-7-8-17-37(35)32-39)34-47(56-54)43-23-13-18-38-33-41(28-29-42(38)43)58-49-25-12-10-22-45(49)53-51(58)31-30-50-52(53)44-21-9-11-24-48(44)57(50)40-19-5-2-6-20-40/h1-34H. The Morgan fingerprint density at radius 3 is 1.66 bits per heavy atom. The molecule has 0 radical (unpaired) electrons. The number of fused-ring (bicyclic) bond motifs is 9. The number of aromatic nitrogens is 4. The molecular formula is C54H34N4. The first-order valence-corrected chi connectivity index (χ1v) is 19.7. The summed E-state index contributed by atoms with van der Waals surface area (Å²) in [6, 6.07) is 73.8. The SMILES string of the molecule is c1ccc(-c2nc(-c3ccc4ccccc4c3)cc(-c3cccc4cc(-n5c6ccccc6c6c7c8ccccc8n(-c8ccccc8)c7ccc65)ccc34)n2)cc1. The first kappa shape index (κ1) is 32.4. The summed E-state index contributed by atoms with van der Waals surface area (Å²) in [7, 11) is 0. The molecule has 0 fully saturated rings. The van der Waals surface area contributed by atoms with Crippen molar-refractivity contribution in [2.24, 2.45) is 0 Å². The highest BCUT2D eigenvalue weighted by Gasteiger charge is 2.21. The third-order valence-corrected chi connectivity index (χ3v) is 11.7. The minimum absolute atomic E-state index is 0.708. The average Bonchev–Trinajstić information content (AvgIpc) is 3.82. The van der Waals surface area contributed by atoms with E-state index in [-0.39, 0.29) is 0 Å². The van der Waals surface area contributed by atoms with Crippen molar-refractivity contribution in [1.82, 2.24) is 19.1 Å². The van der Waals surface area contributed by atoms with Gasteiger partial charge in [-0.05, 0) is 82.2 Å². The second-order valence-corrected chi connectivity index (χ2v) is 15.0. The molecule has 3 heterocycles. The molecule has 0 N–H and O–H groups in total. The van der Waals surface area contributed by atoms with Crippen molar-refractivity contribution in [2.45, 2.75) is 0 Å². The summed E-state index contributed by atoms with van der Waals surface area (Å²) in [6.45, 7) is 0. The average molecular weight is 739 g/mol. The maximum absolute atomic E-state index is 5.23. The molecule has 0 aliphatic heterocycles. The lowest BCUT2D eigenvalue weighted by atomic mass is 9.99. The summed E-state index contributed by atoms with van der Waals surface area (Å²) in [6.07, 6.45) is 0. The summed E-state index contributed by atoms with van der Waals surface area (Å²) in [5.74, 6) is 0.708. The Hall–Kier alpha value is -7.82. The number of para-hydroxylation sites is 3. The highest BCUT2D eigenvalue weighted by molar-refractivity contribution is 6.29. The minimum atomic E-state index is 0.708. The summed E-state index contributed by atoms with van der Waals surface area (Å²) >= 11 is 0. The molecule has 4 heteroatoms. The van der Waals surface area contributed by atoms with Crippen molar-refractivity contribution < 1.29 is 0 Å². The van der Waals surface area contributed by atoms with Crippen LogP contribution in [0.3, 0.4) is 0 Å². The van der Waals surface area contributed by atoms with Gasteiger partial charge in [-0.15, -0.1) is 0 Å². The normalized spacial score (nSPS) is 11.8. The molecule has 270 valence electrons. The molecular weight excluding hydrogens is 705 g/mol. The van der Waals surface area contributed by atoms with Gasteiger partial charge in [-0.3, -0.25) is 0 Å². The van der Waals surface area contributed by atoms with Gasteiger partial charge in [0.2, 0.25) is 0 Å². The highest BCUT2D eigenvalue weighted by Crippen LogP contribution is 2.43. The predicted octanol–water partition coefficient (Wildman–Crippen LogP) is 14.0. The molecule has 0 spiro atoms. The van der Waals surface area contributed by atoms with E-state index in [0.29, 0.717) is 5.82 Å². The Kier molecular flexibility index (Phi) is 7.20. The molecule has 0 aliphatic carbocycles. The molecule has 0 aliphatic rings. The van der Waals surface area contributed by atoms with Gasteiger partial charge in [-0.25, -0.2) is 9.97 Å². The summed E-state index contributed by atoms with van der Waals surface area (Å²) in [4.78, 5) is 10.4. The zero-order valence-electron chi connectivity index (χ0n) is 31.4. The first-order chi connectivity index (χ1) is 28.8. The number of nitrogens with zero attached hydrogens (tertiary/aromatic N) is 4. The number of benzene rings is 9. The highest BCUT2D eigenvalue weighted by atomic mass is 15.0. The van der Waals surface area contributed by atoms with Crippen molar-refractivity contribution in [3.05, 3.63) is 206 Å².